The van der Waals surface area contributed by atoms with Gasteiger partial charge in [0.1, 0.15) is 0 Å². The van der Waals surface area contributed by atoms with E-state index in [9.17, 15) is 0 Å². The molecule has 0 radical (unpaired) electrons. The lowest BCUT2D eigenvalue weighted by molar-refractivity contribution is 0.360. The van der Waals surface area contributed by atoms with Crippen LogP contribution in [-0.2, 0) is 5.41 Å². The molecule has 0 spiro atoms. The topological polar surface area (TPSA) is 57.1 Å². The summed E-state index contributed by atoms with van der Waals surface area (Å²) in [6.07, 6.45) is 0. The van der Waals surface area contributed by atoms with Gasteiger partial charge < -0.3 is 9.47 Å². The average Bonchev–Trinajstić information content (AvgIpc) is 3.67. The summed E-state index contributed by atoms with van der Waals surface area (Å²) >= 11 is 0. The van der Waals surface area contributed by atoms with Crippen LogP contribution in [-0.4, -0.2) is 15.0 Å². The molecule has 10 aromatic carbocycles. The second-order valence-electron chi connectivity index (χ2n) is 16.7. The molecule has 1 aliphatic heterocycles. The molecule has 5 nitrogen and oxygen atoms in total. The standard InChI is InChI=1S/C60H37N3O2/c1-4-16-40(17-5-1)57-61-58(63-59(62-57)43-33-34-47-42(35-43)32-29-38-15-10-11-22-46(38)47)41-30-27-39(28-31-41)48-24-14-26-53-56(48)65-54-36-50-49-23-12-13-25-51(49)60(44-18-6-2-7-19-44,45-20-8-3-9-21-45)52(50)37-55(54)64-53/h1-37H. The van der Waals surface area contributed by atoms with Crippen molar-refractivity contribution in [2.24, 2.45) is 0 Å². The Morgan fingerprint density at radius 3 is 1.62 bits per heavy atom. The fraction of sp³-hybridized carbons (Fsp3) is 0.0167. The van der Waals surface area contributed by atoms with Gasteiger partial charge in [0.15, 0.2) is 40.5 Å². The quantitative estimate of drug-likeness (QED) is 0.156. The average molecular weight is 832 g/mol. The van der Waals surface area contributed by atoms with Crippen LogP contribution in [0.1, 0.15) is 22.3 Å². The Labute approximate surface area is 375 Å². The summed E-state index contributed by atoms with van der Waals surface area (Å²) in [6.45, 7) is 0. The molecule has 0 bridgehead atoms. The molecule has 304 valence electrons. The summed E-state index contributed by atoms with van der Waals surface area (Å²) in [5, 5.41) is 4.77. The highest BCUT2D eigenvalue weighted by Crippen LogP contribution is 2.60. The molecular formula is C60H37N3O2. The van der Waals surface area contributed by atoms with Crippen LogP contribution >= 0.6 is 0 Å². The van der Waals surface area contributed by atoms with Gasteiger partial charge in [-0.1, -0.05) is 200 Å². The van der Waals surface area contributed by atoms with Crippen molar-refractivity contribution in [3.63, 3.8) is 0 Å². The van der Waals surface area contributed by atoms with Crippen molar-refractivity contribution in [3.05, 3.63) is 247 Å². The van der Waals surface area contributed by atoms with E-state index in [1.807, 2.05) is 42.5 Å². The van der Waals surface area contributed by atoms with Crippen LogP contribution in [0.5, 0.6) is 23.0 Å². The van der Waals surface area contributed by atoms with Crippen molar-refractivity contribution in [2.45, 2.75) is 5.41 Å². The molecule has 0 amide bonds. The van der Waals surface area contributed by atoms with E-state index in [0.717, 1.165) is 38.8 Å². The van der Waals surface area contributed by atoms with Gasteiger partial charge in [-0.05, 0) is 84.8 Å². The zero-order chi connectivity index (χ0) is 42.9. The summed E-state index contributed by atoms with van der Waals surface area (Å²) in [6, 6.07) is 78.5. The number of para-hydroxylation sites is 1. The smallest absolute Gasteiger partial charge is 0.177 e. The third-order valence-electron chi connectivity index (χ3n) is 13.1. The van der Waals surface area contributed by atoms with E-state index in [1.165, 1.54) is 44.0 Å². The number of hydrogen-bond acceptors (Lipinski definition) is 5. The summed E-state index contributed by atoms with van der Waals surface area (Å²) < 4.78 is 13.8. The molecule has 13 rings (SSSR count). The number of rotatable bonds is 6. The Kier molecular flexibility index (Phi) is 8.36. The van der Waals surface area contributed by atoms with Gasteiger partial charge in [-0.3, -0.25) is 0 Å². The highest BCUT2D eigenvalue weighted by Gasteiger charge is 2.47. The number of fused-ring (bicyclic) bond motifs is 8. The van der Waals surface area contributed by atoms with Gasteiger partial charge in [0, 0.05) is 22.3 Å². The largest absolute Gasteiger partial charge is 0.449 e. The van der Waals surface area contributed by atoms with E-state index in [1.54, 1.807) is 0 Å². The minimum Gasteiger partial charge on any atom is -0.449 e. The summed E-state index contributed by atoms with van der Waals surface area (Å²) in [5.74, 6) is 4.54. The van der Waals surface area contributed by atoms with Gasteiger partial charge in [0.2, 0.25) is 0 Å². The third kappa shape index (κ3) is 5.90. The molecule has 0 N–H and O–H groups in total. The molecule has 0 atom stereocenters. The van der Waals surface area contributed by atoms with E-state index in [0.29, 0.717) is 40.5 Å². The number of hydrogen-bond donors (Lipinski definition) is 0. The molecule has 2 heterocycles. The molecule has 0 unspecified atom stereocenters. The summed E-state index contributed by atoms with van der Waals surface area (Å²) in [7, 11) is 0. The third-order valence-corrected chi connectivity index (χ3v) is 13.1. The second-order valence-corrected chi connectivity index (χ2v) is 16.7. The van der Waals surface area contributed by atoms with Crippen LogP contribution in [0.3, 0.4) is 0 Å². The van der Waals surface area contributed by atoms with Gasteiger partial charge in [-0.2, -0.15) is 0 Å². The van der Waals surface area contributed by atoms with Gasteiger partial charge in [-0.15, -0.1) is 0 Å². The Morgan fingerprint density at radius 2 is 0.862 bits per heavy atom. The highest BCUT2D eigenvalue weighted by atomic mass is 16.6. The van der Waals surface area contributed by atoms with Crippen molar-refractivity contribution in [1.82, 2.24) is 15.0 Å². The van der Waals surface area contributed by atoms with E-state index in [-0.39, 0.29) is 0 Å². The van der Waals surface area contributed by atoms with E-state index >= 15 is 0 Å². The molecule has 1 aliphatic carbocycles. The van der Waals surface area contributed by atoms with Crippen LogP contribution in [0.2, 0.25) is 0 Å². The SMILES string of the molecule is c1ccc(-c2nc(-c3ccc(-c4cccc5c4Oc4cc6c(cc4O5)C(c4ccccc4)(c4ccccc4)c4ccccc4-6)cc3)nc(-c3ccc4c(ccc5ccccc54)c3)n2)cc1. The predicted molar refractivity (Wildman–Crippen MR) is 260 cm³/mol. The van der Waals surface area contributed by atoms with Gasteiger partial charge >= 0.3 is 0 Å². The maximum atomic E-state index is 6.92. The minimum absolute atomic E-state index is 0.539. The van der Waals surface area contributed by atoms with Crippen LogP contribution < -0.4 is 9.47 Å². The predicted octanol–water partition coefficient (Wildman–Crippen LogP) is 15.1. The molecule has 0 saturated heterocycles. The first-order valence-corrected chi connectivity index (χ1v) is 21.9. The molecule has 1 aromatic heterocycles. The van der Waals surface area contributed by atoms with E-state index < -0.39 is 5.41 Å². The Morgan fingerprint density at radius 1 is 0.308 bits per heavy atom. The van der Waals surface area contributed by atoms with E-state index in [2.05, 4.69) is 182 Å². The molecule has 0 fully saturated rings. The first-order valence-electron chi connectivity index (χ1n) is 21.9. The normalized spacial score (nSPS) is 13.0. The molecule has 5 heteroatoms. The van der Waals surface area contributed by atoms with Gasteiger partial charge in [0.05, 0.1) is 5.41 Å². The van der Waals surface area contributed by atoms with Crippen LogP contribution in [0.25, 0.3) is 78.0 Å². The Bertz CT molecular complexity index is 3610. The Hall–Kier alpha value is -8.67. The molecule has 65 heavy (non-hydrogen) atoms. The maximum absolute atomic E-state index is 6.92. The monoisotopic (exact) mass is 831 g/mol. The zero-order valence-electron chi connectivity index (χ0n) is 35.0. The number of benzene rings is 10. The minimum atomic E-state index is -0.539. The first kappa shape index (κ1) is 36.9. The molecule has 11 aromatic rings. The van der Waals surface area contributed by atoms with Crippen LogP contribution in [0, 0.1) is 0 Å². The molecule has 0 saturated carbocycles. The lowest BCUT2D eigenvalue weighted by Crippen LogP contribution is -2.28. The lowest BCUT2D eigenvalue weighted by Gasteiger charge is -2.34. The fourth-order valence-corrected chi connectivity index (χ4v) is 10.1. The first-order chi connectivity index (χ1) is 32.2. The van der Waals surface area contributed by atoms with Crippen LogP contribution in [0.15, 0.2) is 224 Å². The number of aromatic nitrogens is 3. The Balaban J connectivity index is 0.877. The van der Waals surface area contributed by atoms with Crippen molar-refractivity contribution in [3.8, 4) is 79.4 Å². The highest BCUT2D eigenvalue weighted by molar-refractivity contribution is 6.08. The van der Waals surface area contributed by atoms with Crippen molar-refractivity contribution < 1.29 is 9.47 Å². The molecular weight excluding hydrogens is 795 g/mol. The zero-order valence-corrected chi connectivity index (χ0v) is 35.0. The maximum Gasteiger partial charge on any atom is 0.177 e. The molecule has 2 aliphatic rings. The fourth-order valence-electron chi connectivity index (χ4n) is 10.1. The van der Waals surface area contributed by atoms with Crippen molar-refractivity contribution in [2.75, 3.05) is 0 Å². The van der Waals surface area contributed by atoms with Crippen LogP contribution in [0.4, 0.5) is 0 Å². The number of nitrogens with zero attached hydrogens (tertiary/aromatic N) is 3. The van der Waals surface area contributed by atoms with Crippen molar-refractivity contribution in [1.29, 1.82) is 0 Å². The van der Waals surface area contributed by atoms with Gasteiger partial charge in [-0.25, -0.2) is 15.0 Å². The van der Waals surface area contributed by atoms with Gasteiger partial charge in [0.25, 0.3) is 0 Å². The second kappa shape index (κ2) is 14.7. The number of ether oxygens (including phenoxy) is 2. The van der Waals surface area contributed by atoms with Crippen molar-refractivity contribution >= 4 is 21.5 Å². The summed E-state index contributed by atoms with van der Waals surface area (Å²) in [5.41, 5.74) is 11.2. The van der Waals surface area contributed by atoms with E-state index in [4.69, 9.17) is 24.4 Å². The summed E-state index contributed by atoms with van der Waals surface area (Å²) in [4.78, 5) is 15.1. The lowest BCUT2D eigenvalue weighted by atomic mass is 9.67.